The maximum absolute atomic E-state index is 12.8. The van der Waals surface area contributed by atoms with Crippen molar-refractivity contribution in [2.24, 2.45) is 0 Å². The molecule has 0 aliphatic carbocycles. The van der Waals surface area contributed by atoms with Crippen LogP contribution in [-0.4, -0.2) is 26.6 Å². The Labute approximate surface area is 144 Å². The van der Waals surface area contributed by atoms with Crippen molar-refractivity contribution in [1.29, 1.82) is 0 Å². The molecule has 1 aliphatic heterocycles. The summed E-state index contributed by atoms with van der Waals surface area (Å²) in [5.74, 6) is -0.451. The van der Waals surface area contributed by atoms with E-state index < -0.39 is 34.6 Å². The Morgan fingerprint density at radius 3 is 2.84 bits per heavy atom. The van der Waals surface area contributed by atoms with Crippen molar-refractivity contribution in [2.45, 2.75) is 25.6 Å². The lowest BCUT2D eigenvalue weighted by Gasteiger charge is -2.13. The lowest BCUT2D eigenvalue weighted by atomic mass is 10.1. The van der Waals surface area contributed by atoms with Gasteiger partial charge in [0.1, 0.15) is 11.9 Å². The van der Waals surface area contributed by atoms with Gasteiger partial charge in [0, 0.05) is 5.69 Å². The number of nitrogens with zero attached hydrogens (tertiary/aromatic N) is 3. The average Bonchev–Trinajstić information content (AvgIpc) is 2.97. The van der Waals surface area contributed by atoms with Crippen LogP contribution in [-0.2, 0) is 15.8 Å². The molecule has 1 aliphatic rings. The SMILES string of the molecule is Cc1nc2n(n1)[C@@H](CC(=O)Nc1ccc(Cl)c(C(F)(F)F)c1)C(=O)N2. The third-order valence-electron chi connectivity index (χ3n) is 3.50. The molecule has 1 atom stereocenters. The van der Waals surface area contributed by atoms with Gasteiger partial charge in [-0.05, 0) is 25.1 Å². The van der Waals surface area contributed by atoms with Crippen LogP contribution in [0.5, 0.6) is 0 Å². The summed E-state index contributed by atoms with van der Waals surface area (Å²) in [6.45, 7) is 1.63. The van der Waals surface area contributed by atoms with Gasteiger partial charge >= 0.3 is 6.18 Å². The third kappa shape index (κ3) is 3.43. The van der Waals surface area contributed by atoms with E-state index in [1.54, 1.807) is 6.92 Å². The third-order valence-corrected chi connectivity index (χ3v) is 3.83. The van der Waals surface area contributed by atoms with Crippen LogP contribution in [0.4, 0.5) is 24.8 Å². The number of alkyl halides is 3. The van der Waals surface area contributed by atoms with Crippen LogP contribution in [0, 0.1) is 6.92 Å². The fourth-order valence-electron chi connectivity index (χ4n) is 2.42. The van der Waals surface area contributed by atoms with Gasteiger partial charge in [-0.1, -0.05) is 11.6 Å². The summed E-state index contributed by atoms with van der Waals surface area (Å²) >= 11 is 5.53. The number of carbonyl (C=O) groups is 2. The molecule has 1 aromatic heterocycles. The van der Waals surface area contributed by atoms with Crippen molar-refractivity contribution in [2.75, 3.05) is 10.6 Å². The van der Waals surface area contributed by atoms with E-state index in [0.29, 0.717) is 5.82 Å². The van der Waals surface area contributed by atoms with Crippen LogP contribution in [0.15, 0.2) is 18.2 Å². The standard InChI is InChI=1S/C14H11ClF3N5O2/c1-6-19-13-21-12(25)10(23(13)22-6)5-11(24)20-7-2-3-9(15)8(4-7)14(16,17)18/h2-4,10H,5H2,1H3,(H,20,24)(H,19,21,22,25)/t10-/m0/s1. The molecular formula is C14H11ClF3N5O2. The molecule has 2 N–H and O–H groups in total. The van der Waals surface area contributed by atoms with Crippen molar-refractivity contribution in [3.63, 3.8) is 0 Å². The van der Waals surface area contributed by atoms with Crippen LogP contribution in [0.25, 0.3) is 0 Å². The van der Waals surface area contributed by atoms with Gasteiger partial charge in [0.15, 0.2) is 0 Å². The summed E-state index contributed by atoms with van der Waals surface area (Å²) in [6, 6.07) is 2.11. The zero-order chi connectivity index (χ0) is 18.4. The Balaban J connectivity index is 1.74. The Bertz CT molecular complexity index is 865. The molecule has 7 nitrogen and oxygen atoms in total. The topological polar surface area (TPSA) is 88.9 Å². The summed E-state index contributed by atoms with van der Waals surface area (Å²) in [4.78, 5) is 28.0. The van der Waals surface area contributed by atoms with Crippen molar-refractivity contribution < 1.29 is 22.8 Å². The molecule has 0 unspecified atom stereocenters. The van der Waals surface area contributed by atoms with E-state index in [9.17, 15) is 22.8 Å². The number of hydrogen-bond acceptors (Lipinski definition) is 4. The van der Waals surface area contributed by atoms with Crippen molar-refractivity contribution in [3.8, 4) is 0 Å². The van der Waals surface area contributed by atoms with Crippen LogP contribution in [0.2, 0.25) is 5.02 Å². The fraction of sp³-hybridized carbons (Fsp3) is 0.286. The molecule has 0 saturated heterocycles. The number of aromatic nitrogens is 3. The monoisotopic (exact) mass is 373 g/mol. The van der Waals surface area contributed by atoms with Gasteiger partial charge in [0.2, 0.25) is 11.9 Å². The molecule has 11 heteroatoms. The lowest BCUT2D eigenvalue weighted by molar-refractivity contribution is -0.137. The van der Waals surface area contributed by atoms with E-state index in [0.717, 1.165) is 12.1 Å². The molecule has 25 heavy (non-hydrogen) atoms. The number of amides is 2. The number of fused-ring (bicyclic) bond motifs is 1. The van der Waals surface area contributed by atoms with Crippen molar-refractivity contribution >= 4 is 35.1 Å². The van der Waals surface area contributed by atoms with Gasteiger partial charge < -0.3 is 5.32 Å². The van der Waals surface area contributed by atoms with Gasteiger partial charge in [-0.3, -0.25) is 14.9 Å². The maximum Gasteiger partial charge on any atom is 0.417 e. The van der Waals surface area contributed by atoms with Crippen LogP contribution < -0.4 is 10.6 Å². The fourth-order valence-corrected chi connectivity index (χ4v) is 2.65. The minimum Gasteiger partial charge on any atom is -0.326 e. The van der Waals surface area contributed by atoms with Gasteiger partial charge in [-0.25, -0.2) is 4.68 Å². The zero-order valence-electron chi connectivity index (χ0n) is 12.7. The summed E-state index contributed by atoms with van der Waals surface area (Å²) in [5.41, 5.74) is -1.13. The zero-order valence-corrected chi connectivity index (χ0v) is 13.4. The van der Waals surface area contributed by atoms with Crippen molar-refractivity contribution in [1.82, 2.24) is 14.8 Å². The second-order valence-electron chi connectivity index (χ2n) is 5.38. The minimum atomic E-state index is -4.64. The number of carbonyl (C=O) groups excluding carboxylic acids is 2. The number of benzene rings is 1. The number of nitrogens with one attached hydrogen (secondary N) is 2. The number of hydrogen-bond donors (Lipinski definition) is 2. The first-order chi connectivity index (χ1) is 11.6. The molecule has 132 valence electrons. The second-order valence-corrected chi connectivity index (χ2v) is 5.78. The van der Waals surface area contributed by atoms with Crippen LogP contribution >= 0.6 is 11.6 Å². The molecule has 0 saturated carbocycles. The number of halogens is 4. The first-order valence-electron chi connectivity index (χ1n) is 7.06. The Morgan fingerprint density at radius 1 is 1.44 bits per heavy atom. The molecule has 2 amide bonds. The van der Waals surface area contributed by atoms with Crippen molar-refractivity contribution in [3.05, 3.63) is 34.6 Å². The highest BCUT2D eigenvalue weighted by Gasteiger charge is 2.35. The number of aryl methyl sites for hydroxylation is 1. The van der Waals surface area contributed by atoms with Gasteiger partial charge in [-0.2, -0.15) is 23.3 Å². The summed E-state index contributed by atoms with van der Waals surface area (Å²) < 4.78 is 39.8. The van der Waals surface area contributed by atoms with Gasteiger partial charge in [0.25, 0.3) is 5.91 Å². The second kappa shape index (κ2) is 6.03. The van der Waals surface area contributed by atoms with Crippen LogP contribution in [0.1, 0.15) is 23.9 Å². The summed E-state index contributed by atoms with van der Waals surface area (Å²) in [6.07, 6.45) is -4.94. The van der Waals surface area contributed by atoms with E-state index in [-0.39, 0.29) is 18.1 Å². The number of anilines is 2. The van der Waals surface area contributed by atoms with E-state index in [1.807, 2.05) is 0 Å². The predicted octanol–water partition coefficient (Wildman–Crippen LogP) is 2.78. The van der Waals surface area contributed by atoms with E-state index in [4.69, 9.17) is 11.6 Å². The highest BCUT2D eigenvalue weighted by Crippen LogP contribution is 2.36. The quantitative estimate of drug-likeness (QED) is 0.865. The van der Waals surface area contributed by atoms with Gasteiger partial charge in [0.05, 0.1) is 17.0 Å². The Morgan fingerprint density at radius 2 is 2.16 bits per heavy atom. The smallest absolute Gasteiger partial charge is 0.326 e. The molecule has 0 bridgehead atoms. The van der Waals surface area contributed by atoms with Gasteiger partial charge in [-0.15, -0.1) is 0 Å². The molecule has 3 rings (SSSR count). The van der Waals surface area contributed by atoms with Crippen LogP contribution in [0.3, 0.4) is 0 Å². The molecule has 0 radical (unpaired) electrons. The molecular weight excluding hydrogens is 363 g/mol. The lowest BCUT2D eigenvalue weighted by Crippen LogP contribution is -2.24. The molecule has 2 aromatic rings. The normalized spacial score (nSPS) is 16.5. The summed E-state index contributed by atoms with van der Waals surface area (Å²) in [7, 11) is 0. The molecule has 1 aromatic carbocycles. The predicted molar refractivity (Wildman–Crippen MR) is 82.1 cm³/mol. The molecule has 2 heterocycles. The number of rotatable bonds is 3. The molecule has 0 spiro atoms. The highest BCUT2D eigenvalue weighted by molar-refractivity contribution is 6.31. The maximum atomic E-state index is 12.8. The van der Waals surface area contributed by atoms with E-state index in [1.165, 1.54) is 10.7 Å². The largest absolute Gasteiger partial charge is 0.417 e. The Kier molecular flexibility index (Phi) is 4.15. The van der Waals surface area contributed by atoms with E-state index >= 15 is 0 Å². The van der Waals surface area contributed by atoms with E-state index in [2.05, 4.69) is 20.7 Å². The highest BCUT2D eigenvalue weighted by atomic mass is 35.5. The molecule has 0 fully saturated rings. The summed E-state index contributed by atoms with van der Waals surface area (Å²) in [5, 5.41) is 8.35. The first-order valence-corrected chi connectivity index (χ1v) is 7.43. The first kappa shape index (κ1) is 17.2. The Hall–Kier alpha value is -2.62. The average molecular weight is 374 g/mol. The minimum absolute atomic E-state index is 0.0740.